The van der Waals surface area contributed by atoms with Gasteiger partial charge in [-0.1, -0.05) is 59.1 Å². The number of fused-ring (bicyclic) bond motifs is 3. The van der Waals surface area contributed by atoms with Gasteiger partial charge in [0.1, 0.15) is 0 Å². The zero-order chi connectivity index (χ0) is 15.3. The maximum Gasteiger partial charge on any atom is 0.0645 e. The van der Waals surface area contributed by atoms with Crippen molar-refractivity contribution in [1.29, 1.82) is 0 Å². The fraction of sp³-hybridized carbons (Fsp3) is 0.222. The summed E-state index contributed by atoms with van der Waals surface area (Å²) in [5.41, 5.74) is 3.45. The molecule has 2 aromatic carbocycles. The minimum atomic E-state index is 0.153. The molecular weight excluding hydrogens is 337 g/mol. The Kier molecular flexibility index (Phi) is 3.60. The molecule has 0 amide bonds. The molecule has 1 aliphatic carbocycles. The van der Waals surface area contributed by atoms with E-state index >= 15 is 0 Å². The summed E-state index contributed by atoms with van der Waals surface area (Å²) in [5.74, 6) is 0.803. The van der Waals surface area contributed by atoms with Gasteiger partial charge in [0, 0.05) is 16.6 Å². The van der Waals surface area contributed by atoms with Crippen LogP contribution in [0.2, 0.25) is 15.1 Å². The van der Waals surface area contributed by atoms with Crippen LogP contribution in [0, 0.1) is 5.92 Å². The molecule has 1 nitrogen and oxygen atoms in total. The van der Waals surface area contributed by atoms with Crippen LogP contribution in [0.3, 0.4) is 0 Å². The predicted octanol–water partition coefficient (Wildman–Crippen LogP) is 6.47. The lowest BCUT2D eigenvalue weighted by Crippen LogP contribution is -2.29. The molecule has 112 valence electrons. The molecule has 4 heteroatoms. The molecule has 0 saturated heterocycles. The Balaban J connectivity index is 1.83. The highest BCUT2D eigenvalue weighted by Gasteiger charge is 2.38. The largest absolute Gasteiger partial charge is 0.378 e. The van der Waals surface area contributed by atoms with E-state index < -0.39 is 0 Å². The summed E-state index contributed by atoms with van der Waals surface area (Å²) in [4.78, 5) is 0. The molecule has 22 heavy (non-hydrogen) atoms. The predicted molar refractivity (Wildman–Crippen MR) is 94.3 cm³/mol. The first-order valence-electron chi connectivity index (χ1n) is 7.31. The van der Waals surface area contributed by atoms with Gasteiger partial charge in [0.2, 0.25) is 0 Å². The van der Waals surface area contributed by atoms with Gasteiger partial charge in [0.15, 0.2) is 0 Å². The zero-order valence-corrected chi connectivity index (χ0v) is 14.0. The van der Waals surface area contributed by atoms with Crippen molar-refractivity contribution in [1.82, 2.24) is 0 Å². The fourth-order valence-electron chi connectivity index (χ4n) is 3.63. The second kappa shape index (κ2) is 5.49. The molecule has 0 aromatic heterocycles. The normalized spacial score (nSPS) is 25.5. The smallest absolute Gasteiger partial charge is 0.0645 e. The Morgan fingerprint density at radius 3 is 2.73 bits per heavy atom. The fourth-order valence-corrected chi connectivity index (χ4v) is 4.24. The van der Waals surface area contributed by atoms with E-state index in [2.05, 4.69) is 29.6 Å². The lowest BCUT2D eigenvalue weighted by Gasteiger charge is -2.38. The number of allylic oxidation sites excluding steroid dienone is 2. The maximum atomic E-state index is 6.46. The third kappa shape index (κ3) is 2.23. The molecule has 1 heterocycles. The molecule has 0 bridgehead atoms. The van der Waals surface area contributed by atoms with Crippen LogP contribution in [0.1, 0.15) is 29.5 Å². The number of benzene rings is 2. The van der Waals surface area contributed by atoms with Gasteiger partial charge >= 0.3 is 0 Å². The first kappa shape index (κ1) is 14.4. The van der Waals surface area contributed by atoms with E-state index in [-0.39, 0.29) is 6.04 Å². The summed E-state index contributed by atoms with van der Waals surface area (Å²) in [6.07, 6.45) is 5.56. The summed E-state index contributed by atoms with van der Waals surface area (Å²) < 4.78 is 0. The molecule has 0 radical (unpaired) electrons. The highest BCUT2D eigenvalue weighted by atomic mass is 35.5. The van der Waals surface area contributed by atoms with Crippen LogP contribution in [0.25, 0.3) is 0 Å². The zero-order valence-electron chi connectivity index (χ0n) is 11.7. The van der Waals surface area contributed by atoms with Gasteiger partial charge in [-0.2, -0.15) is 0 Å². The first-order chi connectivity index (χ1) is 10.6. The number of hydrogen-bond donors (Lipinski definition) is 1. The highest BCUT2D eigenvalue weighted by molar-refractivity contribution is 6.42. The van der Waals surface area contributed by atoms with Crippen molar-refractivity contribution in [2.45, 2.75) is 18.4 Å². The number of hydrogen-bond acceptors (Lipinski definition) is 1. The standard InChI is InChI=1S/C18H14Cl3N/c19-10-7-8-16-14(9-10)11-3-1-4-12(11)18(22-16)13-5-2-6-15(20)17(13)21/h1-3,5-9,11-12,18,22H,4H2/t11-,12-,18+/m0/s1. The molecule has 0 saturated carbocycles. The average Bonchev–Trinajstić information content (AvgIpc) is 2.99. The Morgan fingerprint density at radius 1 is 1.00 bits per heavy atom. The van der Waals surface area contributed by atoms with Gasteiger partial charge < -0.3 is 5.32 Å². The van der Waals surface area contributed by atoms with E-state index in [0.29, 0.717) is 21.9 Å². The van der Waals surface area contributed by atoms with Crippen LogP contribution in [0.5, 0.6) is 0 Å². The summed E-state index contributed by atoms with van der Waals surface area (Å²) in [6.45, 7) is 0. The van der Waals surface area contributed by atoms with Crippen molar-refractivity contribution in [3.63, 3.8) is 0 Å². The molecule has 2 aromatic rings. The van der Waals surface area contributed by atoms with Crippen molar-refractivity contribution in [3.8, 4) is 0 Å². The Morgan fingerprint density at radius 2 is 1.86 bits per heavy atom. The Bertz CT molecular complexity index is 769. The van der Waals surface area contributed by atoms with Gasteiger partial charge in [-0.05, 0) is 47.7 Å². The van der Waals surface area contributed by atoms with Crippen LogP contribution < -0.4 is 5.32 Å². The number of rotatable bonds is 1. The minimum absolute atomic E-state index is 0.153. The molecule has 2 aliphatic rings. The monoisotopic (exact) mass is 349 g/mol. The Labute approximate surface area is 144 Å². The maximum absolute atomic E-state index is 6.46. The highest BCUT2D eigenvalue weighted by Crippen LogP contribution is 2.51. The second-order valence-electron chi connectivity index (χ2n) is 5.85. The van der Waals surface area contributed by atoms with Crippen molar-refractivity contribution >= 4 is 40.5 Å². The summed E-state index contributed by atoms with van der Waals surface area (Å²) in [5, 5.41) is 5.66. The molecule has 3 atom stereocenters. The molecule has 0 spiro atoms. The minimum Gasteiger partial charge on any atom is -0.378 e. The Hall–Kier alpha value is -1.15. The molecular formula is C18H14Cl3N. The van der Waals surface area contributed by atoms with E-state index in [1.807, 2.05) is 24.3 Å². The topological polar surface area (TPSA) is 12.0 Å². The summed E-state index contributed by atoms with van der Waals surface area (Å²) in [7, 11) is 0. The van der Waals surface area contributed by atoms with E-state index in [4.69, 9.17) is 34.8 Å². The van der Waals surface area contributed by atoms with Crippen LogP contribution >= 0.6 is 34.8 Å². The van der Waals surface area contributed by atoms with Crippen LogP contribution in [0.4, 0.5) is 5.69 Å². The first-order valence-corrected chi connectivity index (χ1v) is 8.45. The molecule has 0 unspecified atom stereocenters. The molecule has 4 rings (SSSR count). The van der Waals surface area contributed by atoms with E-state index in [1.54, 1.807) is 0 Å². The third-order valence-electron chi connectivity index (χ3n) is 4.64. The van der Waals surface area contributed by atoms with E-state index in [0.717, 1.165) is 22.7 Å². The number of halogens is 3. The second-order valence-corrected chi connectivity index (χ2v) is 7.07. The summed E-state index contributed by atoms with van der Waals surface area (Å²) in [6, 6.07) is 12.0. The lowest BCUT2D eigenvalue weighted by molar-refractivity contribution is 0.426. The third-order valence-corrected chi connectivity index (χ3v) is 5.71. The SMILES string of the molecule is Clc1ccc2c(c1)[C@H]1C=CC[C@@H]1[C@H](c1cccc(Cl)c1Cl)N2. The van der Waals surface area contributed by atoms with Gasteiger partial charge in [-0.25, -0.2) is 0 Å². The summed E-state index contributed by atoms with van der Waals surface area (Å²) >= 11 is 18.8. The molecule has 1 N–H and O–H groups in total. The van der Waals surface area contributed by atoms with Gasteiger partial charge in [-0.15, -0.1) is 0 Å². The molecule has 0 fully saturated rings. The van der Waals surface area contributed by atoms with Crippen LogP contribution in [0.15, 0.2) is 48.6 Å². The van der Waals surface area contributed by atoms with Crippen molar-refractivity contribution < 1.29 is 0 Å². The average molecular weight is 351 g/mol. The van der Waals surface area contributed by atoms with Crippen molar-refractivity contribution in [2.24, 2.45) is 5.92 Å². The van der Waals surface area contributed by atoms with Crippen molar-refractivity contribution in [3.05, 3.63) is 74.7 Å². The van der Waals surface area contributed by atoms with Gasteiger partial charge in [-0.3, -0.25) is 0 Å². The number of nitrogens with one attached hydrogen (secondary N) is 1. The number of anilines is 1. The van der Waals surface area contributed by atoms with Gasteiger partial charge in [0.25, 0.3) is 0 Å². The van der Waals surface area contributed by atoms with E-state index in [1.165, 1.54) is 5.56 Å². The van der Waals surface area contributed by atoms with E-state index in [9.17, 15) is 0 Å². The van der Waals surface area contributed by atoms with Crippen LogP contribution in [-0.4, -0.2) is 0 Å². The van der Waals surface area contributed by atoms with Crippen LogP contribution in [-0.2, 0) is 0 Å². The quantitative estimate of drug-likeness (QED) is 0.581. The van der Waals surface area contributed by atoms with Gasteiger partial charge in [0.05, 0.1) is 16.1 Å². The lowest BCUT2D eigenvalue weighted by atomic mass is 9.77. The molecule has 1 aliphatic heterocycles. The van der Waals surface area contributed by atoms with Crippen molar-refractivity contribution in [2.75, 3.05) is 5.32 Å².